The fourth-order valence-corrected chi connectivity index (χ4v) is 4.25. The van der Waals surface area contributed by atoms with Crippen molar-refractivity contribution >= 4 is 22.9 Å². The van der Waals surface area contributed by atoms with Crippen molar-refractivity contribution < 1.29 is 14.0 Å². The number of rotatable bonds is 4. The molecule has 1 aromatic carbocycles. The van der Waals surface area contributed by atoms with Crippen molar-refractivity contribution in [3.8, 4) is 0 Å². The highest BCUT2D eigenvalue weighted by molar-refractivity contribution is 5.98. The Balaban J connectivity index is 1.65. The van der Waals surface area contributed by atoms with Gasteiger partial charge in [-0.2, -0.15) is 0 Å². The number of carbonyl (C=O) groups excluding carboxylic acids is 2. The zero-order valence-corrected chi connectivity index (χ0v) is 17.2. The van der Waals surface area contributed by atoms with Crippen molar-refractivity contribution in [3.05, 3.63) is 60.0 Å². The predicted octanol–water partition coefficient (Wildman–Crippen LogP) is 3.93. The molecule has 3 aromatic rings. The first kappa shape index (κ1) is 19.3. The summed E-state index contributed by atoms with van der Waals surface area (Å²) in [6, 6.07) is 13.9. The Morgan fingerprint density at radius 1 is 1.17 bits per heavy atom. The van der Waals surface area contributed by atoms with E-state index in [4.69, 9.17) is 4.42 Å². The molecule has 1 fully saturated rings. The summed E-state index contributed by atoms with van der Waals surface area (Å²) in [6.45, 7) is 7.61. The fraction of sp³-hybridized carbons (Fsp3) is 0.391. The van der Waals surface area contributed by atoms with Gasteiger partial charge in [0.1, 0.15) is 5.69 Å². The maximum atomic E-state index is 13.5. The predicted molar refractivity (Wildman–Crippen MR) is 112 cm³/mol. The molecule has 29 heavy (non-hydrogen) atoms. The Bertz CT molecular complexity index is 1020. The van der Waals surface area contributed by atoms with Crippen LogP contribution >= 0.6 is 0 Å². The summed E-state index contributed by atoms with van der Waals surface area (Å²) in [4.78, 5) is 29.3. The standard InChI is InChI=1S/C23H27N3O3/c1-4-21(27)25-12-11-24(15-16(25)2)22(28)20-14-19-10-13-29-23(19)26(20)17(3)18-8-6-5-7-9-18/h5-10,13-14,16-17H,4,11-12,15H2,1-3H3/t16-,17-/m0/s1. The molecule has 6 nitrogen and oxygen atoms in total. The lowest BCUT2D eigenvalue weighted by Gasteiger charge is -2.40. The number of amides is 2. The van der Waals surface area contributed by atoms with Gasteiger partial charge in [0.05, 0.1) is 12.3 Å². The van der Waals surface area contributed by atoms with Gasteiger partial charge in [-0.3, -0.25) is 14.2 Å². The highest BCUT2D eigenvalue weighted by Gasteiger charge is 2.32. The topological polar surface area (TPSA) is 58.7 Å². The number of fused-ring (bicyclic) bond motifs is 1. The maximum absolute atomic E-state index is 13.5. The van der Waals surface area contributed by atoms with Gasteiger partial charge < -0.3 is 14.2 Å². The molecule has 2 atom stereocenters. The number of hydrogen-bond donors (Lipinski definition) is 0. The molecule has 0 spiro atoms. The molecule has 2 amide bonds. The van der Waals surface area contributed by atoms with Gasteiger partial charge in [-0.1, -0.05) is 37.3 Å². The molecule has 6 heteroatoms. The van der Waals surface area contributed by atoms with E-state index in [-0.39, 0.29) is 23.9 Å². The fourth-order valence-electron chi connectivity index (χ4n) is 4.25. The molecule has 1 aliphatic rings. The molecule has 2 aromatic heterocycles. The number of hydrogen-bond acceptors (Lipinski definition) is 3. The van der Waals surface area contributed by atoms with E-state index in [0.29, 0.717) is 37.5 Å². The van der Waals surface area contributed by atoms with E-state index in [9.17, 15) is 9.59 Å². The third kappa shape index (κ3) is 3.43. The van der Waals surface area contributed by atoms with Crippen molar-refractivity contribution in [1.82, 2.24) is 14.4 Å². The summed E-state index contributed by atoms with van der Waals surface area (Å²) in [5.74, 6) is 0.123. The summed E-state index contributed by atoms with van der Waals surface area (Å²) in [7, 11) is 0. The average Bonchev–Trinajstić information content (AvgIpc) is 3.34. The van der Waals surface area contributed by atoms with Gasteiger partial charge in [0, 0.05) is 37.5 Å². The second kappa shape index (κ2) is 7.78. The summed E-state index contributed by atoms with van der Waals surface area (Å²) in [6.07, 6.45) is 2.15. The lowest BCUT2D eigenvalue weighted by atomic mass is 10.1. The lowest BCUT2D eigenvalue weighted by Crippen LogP contribution is -2.55. The van der Waals surface area contributed by atoms with E-state index in [0.717, 1.165) is 10.9 Å². The smallest absolute Gasteiger partial charge is 0.270 e. The molecule has 3 heterocycles. The van der Waals surface area contributed by atoms with E-state index >= 15 is 0 Å². The van der Waals surface area contributed by atoms with E-state index in [1.54, 1.807) is 6.26 Å². The third-order valence-electron chi connectivity index (χ3n) is 5.87. The Hall–Kier alpha value is -3.02. The number of piperazine rings is 1. The molecule has 0 aliphatic carbocycles. The van der Waals surface area contributed by atoms with Gasteiger partial charge in [-0.25, -0.2) is 0 Å². The van der Waals surface area contributed by atoms with E-state index in [2.05, 4.69) is 19.1 Å². The van der Waals surface area contributed by atoms with Gasteiger partial charge in [0.2, 0.25) is 11.6 Å². The minimum absolute atomic E-state index is 0.0121. The quantitative estimate of drug-likeness (QED) is 0.675. The van der Waals surface area contributed by atoms with Gasteiger partial charge in [-0.15, -0.1) is 0 Å². The van der Waals surface area contributed by atoms with Crippen molar-refractivity contribution in [2.24, 2.45) is 0 Å². The molecule has 0 unspecified atom stereocenters. The Kier molecular flexibility index (Phi) is 5.18. The number of benzene rings is 1. The molecular weight excluding hydrogens is 366 g/mol. The van der Waals surface area contributed by atoms with Crippen LogP contribution in [0.15, 0.2) is 53.1 Å². The molecule has 0 N–H and O–H groups in total. The van der Waals surface area contributed by atoms with Crippen LogP contribution in [0.25, 0.3) is 11.1 Å². The first-order valence-corrected chi connectivity index (χ1v) is 10.2. The number of aromatic nitrogens is 1. The normalized spacial score (nSPS) is 18.2. The summed E-state index contributed by atoms with van der Waals surface area (Å²) in [5, 5.41) is 0.920. The zero-order chi connectivity index (χ0) is 20.5. The van der Waals surface area contributed by atoms with Crippen LogP contribution in [0, 0.1) is 0 Å². The first-order valence-electron chi connectivity index (χ1n) is 10.2. The van der Waals surface area contributed by atoms with Crippen molar-refractivity contribution in [2.75, 3.05) is 19.6 Å². The first-order chi connectivity index (χ1) is 14.0. The van der Waals surface area contributed by atoms with Gasteiger partial charge in [0.25, 0.3) is 5.91 Å². The van der Waals surface area contributed by atoms with Crippen LogP contribution in [0.2, 0.25) is 0 Å². The molecular formula is C23H27N3O3. The molecule has 4 rings (SSSR count). The monoisotopic (exact) mass is 393 g/mol. The van der Waals surface area contributed by atoms with Crippen molar-refractivity contribution in [2.45, 2.75) is 39.3 Å². The summed E-state index contributed by atoms with van der Waals surface area (Å²) < 4.78 is 7.72. The molecule has 1 saturated heterocycles. The lowest BCUT2D eigenvalue weighted by molar-refractivity contribution is -0.134. The van der Waals surface area contributed by atoms with Crippen LogP contribution in [0.4, 0.5) is 0 Å². The number of furan rings is 1. The van der Waals surface area contributed by atoms with E-state index in [1.165, 1.54) is 0 Å². The average molecular weight is 393 g/mol. The van der Waals surface area contributed by atoms with Crippen LogP contribution < -0.4 is 0 Å². The second-order valence-electron chi connectivity index (χ2n) is 7.71. The highest BCUT2D eigenvalue weighted by Crippen LogP contribution is 2.30. The largest absolute Gasteiger partial charge is 0.448 e. The molecule has 0 bridgehead atoms. The molecule has 152 valence electrons. The van der Waals surface area contributed by atoms with Crippen LogP contribution in [-0.4, -0.2) is 51.9 Å². The van der Waals surface area contributed by atoms with Crippen molar-refractivity contribution in [3.63, 3.8) is 0 Å². The number of nitrogens with zero attached hydrogens (tertiary/aromatic N) is 3. The van der Waals surface area contributed by atoms with Crippen molar-refractivity contribution in [1.29, 1.82) is 0 Å². The SMILES string of the molecule is CCC(=O)N1CCN(C(=O)c2cc3ccoc3n2[C@@H](C)c2ccccc2)C[C@@H]1C. The highest BCUT2D eigenvalue weighted by atomic mass is 16.3. The van der Waals surface area contributed by atoms with Crippen LogP contribution in [0.3, 0.4) is 0 Å². The molecule has 0 radical (unpaired) electrons. The Labute approximate surface area is 170 Å². The Morgan fingerprint density at radius 2 is 1.93 bits per heavy atom. The molecule has 0 saturated carbocycles. The van der Waals surface area contributed by atoms with E-state index in [1.807, 2.05) is 58.5 Å². The second-order valence-corrected chi connectivity index (χ2v) is 7.71. The van der Waals surface area contributed by atoms with Crippen LogP contribution in [0.1, 0.15) is 49.3 Å². The summed E-state index contributed by atoms with van der Waals surface area (Å²) >= 11 is 0. The minimum Gasteiger partial charge on any atom is -0.448 e. The summed E-state index contributed by atoms with van der Waals surface area (Å²) in [5.41, 5.74) is 2.44. The molecule has 1 aliphatic heterocycles. The van der Waals surface area contributed by atoms with Crippen LogP contribution in [-0.2, 0) is 4.79 Å². The van der Waals surface area contributed by atoms with E-state index < -0.39 is 0 Å². The number of carbonyl (C=O) groups is 2. The zero-order valence-electron chi connectivity index (χ0n) is 17.2. The third-order valence-corrected chi connectivity index (χ3v) is 5.87. The maximum Gasteiger partial charge on any atom is 0.270 e. The van der Waals surface area contributed by atoms with Crippen LogP contribution in [0.5, 0.6) is 0 Å². The van der Waals surface area contributed by atoms with Gasteiger partial charge in [0.15, 0.2) is 0 Å². The van der Waals surface area contributed by atoms with Gasteiger partial charge in [-0.05, 0) is 31.5 Å². The Morgan fingerprint density at radius 3 is 2.62 bits per heavy atom. The minimum atomic E-state index is -0.0424. The van der Waals surface area contributed by atoms with Gasteiger partial charge >= 0.3 is 0 Å².